The van der Waals surface area contributed by atoms with Crippen LogP contribution in [0.3, 0.4) is 0 Å². The zero-order valence-electron chi connectivity index (χ0n) is 13.6. The number of H-pyrrole nitrogens is 1. The molecule has 0 amide bonds. The summed E-state index contributed by atoms with van der Waals surface area (Å²) in [6.45, 7) is 2.33. The summed E-state index contributed by atoms with van der Waals surface area (Å²) in [6.07, 6.45) is 4.73. The number of nitrogens with two attached hydrogens (primary N) is 2. The third-order valence-corrected chi connectivity index (χ3v) is 4.64. The third kappa shape index (κ3) is 3.10. The molecule has 0 aliphatic carbocycles. The van der Waals surface area contributed by atoms with E-state index in [0.717, 1.165) is 31.8 Å². The first-order valence-corrected chi connectivity index (χ1v) is 8.19. The van der Waals surface area contributed by atoms with Gasteiger partial charge >= 0.3 is 0 Å². The van der Waals surface area contributed by atoms with E-state index in [9.17, 15) is 4.39 Å². The van der Waals surface area contributed by atoms with Crippen molar-refractivity contribution in [2.24, 2.45) is 0 Å². The Balaban J connectivity index is 1.45. The van der Waals surface area contributed by atoms with E-state index in [1.165, 1.54) is 6.20 Å². The second-order valence-corrected chi connectivity index (χ2v) is 6.31. The first-order valence-electron chi connectivity index (χ1n) is 8.19. The number of nitrogens with one attached hydrogen (secondary N) is 1. The van der Waals surface area contributed by atoms with Crippen LogP contribution in [0, 0.1) is 5.82 Å². The van der Waals surface area contributed by atoms with Gasteiger partial charge in [0.1, 0.15) is 17.2 Å². The fourth-order valence-corrected chi connectivity index (χ4v) is 3.29. The van der Waals surface area contributed by atoms with E-state index in [-0.39, 0.29) is 17.7 Å². The minimum absolute atomic E-state index is 0.122. The van der Waals surface area contributed by atoms with Crippen molar-refractivity contribution in [1.82, 2.24) is 29.8 Å². The number of pyridine rings is 1. The van der Waals surface area contributed by atoms with Crippen LogP contribution < -0.4 is 11.5 Å². The summed E-state index contributed by atoms with van der Waals surface area (Å²) >= 11 is 0. The number of rotatable bonds is 3. The van der Waals surface area contributed by atoms with Crippen LogP contribution in [0.15, 0.2) is 18.5 Å². The summed E-state index contributed by atoms with van der Waals surface area (Å²) in [5.74, 6) is 1.32. The molecule has 4 rings (SSSR count). The number of piperidine rings is 1. The highest BCUT2D eigenvalue weighted by Gasteiger charge is 2.24. The number of hydrogen-bond donors (Lipinski definition) is 3. The first-order chi connectivity index (χ1) is 12.1. The zero-order valence-corrected chi connectivity index (χ0v) is 13.6. The summed E-state index contributed by atoms with van der Waals surface area (Å²) in [5.41, 5.74) is 13.3. The molecule has 9 heteroatoms. The number of halogens is 1. The quantitative estimate of drug-likeness (QED) is 0.658. The van der Waals surface area contributed by atoms with Crippen LogP contribution in [0.2, 0.25) is 0 Å². The number of fused-ring (bicyclic) bond motifs is 1. The van der Waals surface area contributed by atoms with E-state index in [1.54, 1.807) is 12.3 Å². The predicted octanol–water partition coefficient (Wildman–Crippen LogP) is 1.43. The second-order valence-electron chi connectivity index (χ2n) is 6.31. The molecule has 1 fully saturated rings. The van der Waals surface area contributed by atoms with Gasteiger partial charge in [-0.3, -0.25) is 9.88 Å². The Kier molecular flexibility index (Phi) is 3.92. The number of nitrogens with zero attached hydrogens (tertiary/aromatic N) is 5. The molecule has 1 aliphatic heterocycles. The summed E-state index contributed by atoms with van der Waals surface area (Å²) in [7, 11) is 0. The average Bonchev–Trinajstić information content (AvgIpc) is 3.02. The lowest BCUT2D eigenvalue weighted by Crippen LogP contribution is -2.33. The van der Waals surface area contributed by atoms with Crippen LogP contribution in [-0.2, 0) is 6.54 Å². The summed E-state index contributed by atoms with van der Waals surface area (Å²) < 4.78 is 13.7. The monoisotopic (exact) mass is 342 g/mol. The fourth-order valence-electron chi connectivity index (χ4n) is 3.29. The van der Waals surface area contributed by atoms with Crippen molar-refractivity contribution < 1.29 is 4.39 Å². The van der Waals surface area contributed by atoms with E-state index < -0.39 is 0 Å². The first kappa shape index (κ1) is 15.7. The van der Waals surface area contributed by atoms with Gasteiger partial charge in [0.15, 0.2) is 11.5 Å². The lowest BCUT2D eigenvalue weighted by atomic mass is 9.96. The molecule has 0 atom stereocenters. The van der Waals surface area contributed by atoms with Crippen molar-refractivity contribution in [1.29, 1.82) is 0 Å². The highest BCUT2D eigenvalue weighted by molar-refractivity contribution is 5.82. The number of likely N-dealkylation sites (tertiary alicyclic amines) is 1. The smallest absolute Gasteiger partial charge is 0.224 e. The molecule has 0 radical (unpaired) electrons. The van der Waals surface area contributed by atoms with Crippen LogP contribution >= 0.6 is 0 Å². The molecule has 0 saturated carbocycles. The van der Waals surface area contributed by atoms with E-state index >= 15 is 0 Å². The summed E-state index contributed by atoms with van der Waals surface area (Å²) in [4.78, 5) is 21.9. The van der Waals surface area contributed by atoms with Crippen LogP contribution in [0.5, 0.6) is 0 Å². The van der Waals surface area contributed by atoms with Crippen LogP contribution in [0.25, 0.3) is 11.2 Å². The minimum Gasteiger partial charge on any atom is -0.382 e. The number of imidazole rings is 1. The van der Waals surface area contributed by atoms with Crippen molar-refractivity contribution in [3.8, 4) is 0 Å². The predicted molar refractivity (Wildman–Crippen MR) is 92.0 cm³/mol. The van der Waals surface area contributed by atoms with Gasteiger partial charge in [-0.25, -0.2) is 9.37 Å². The summed E-state index contributed by atoms with van der Waals surface area (Å²) in [5, 5.41) is 0. The fraction of sp³-hybridized carbons (Fsp3) is 0.375. The Morgan fingerprint density at radius 1 is 1.20 bits per heavy atom. The zero-order chi connectivity index (χ0) is 17.4. The Labute approximate surface area is 143 Å². The van der Waals surface area contributed by atoms with Crippen molar-refractivity contribution in [3.63, 3.8) is 0 Å². The molecule has 1 aliphatic rings. The molecule has 3 aromatic heterocycles. The van der Waals surface area contributed by atoms with Crippen molar-refractivity contribution in [3.05, 3.63) is 35.7 Å². The van der Waals surface area contributed by atoms with Gasteiger partial charge in [0.2, 0.25) is 5.95 Å². The highest BCUT2D eigenvalue weighted by atomic mass is 19.1. The molecule has 0 spiro atoms. The van der Waals surface area contributed by atoms with Crippen molar-refractivity contribution in [2.45, 2.75) is 25.3 Å². The molecule has 0 bridgehead atoms. The van der Waals surface area contributed by atoms with Gasteiger partial charge in [-0.05, 0) is 32.0 Å². The van der Waals surface area contributed by atoms with Crippen LogP contribution in [0.4, 0.5) is 16.2 Å². The molecule has 130 valence electrons. The van der Waals surface area contributed by atoms with E-state index in [4.69, 9.17) is 11.5 Å². The van der Waals surface area contributed by atoms with Gasteiger partial charge in [0, 0.05) is 24.2 Å². The average molecular weight is 342 g/mol. The molecular weight excluding hydrogens is 323 g/mol. The maximum Gasteiger partial charge on any atom is 0.224 e. The van der Waals surface area contributed by atoms with Crippen LogP contribution in [-0.4, -0.2) is 42.9 Å². The molecule has 0 aromatic carbocycles. The Morgan fingerprint density at radius 3 is 2.76 bits per heavy atom. The minimum atomic E-state index is -0.256. The largest absolute Gasteiger partial charge is 0.382 e. The SMILES string of the molecule is Nc1nc(N)c2[nH]c(C3CCN(Cc4ccncc4F)CC3)nc2n1. The summed E-state index contributed by atoms with van der Waals surface area (Å²) in [6, 6.07) is 1.73. The highest BCUT2D eigenvalue weighted by Crippen LogP contribution is 2.29. The van der Waals surface area contributed by atoms with Gasteiger partial charge in [-0.1, -0.05) is 0 Å². The number of anilines is 2. The molecule has 8 nitrogen and oxygen atoms in total. The normalized spacial score (nSPS) is 16.5. The molecule has 25 heavy (non-hydrogen) atoms. The Bertz CT molecular complexity index is 900. The maximum atomic E-state index is 13.7. The number of aromatic amines is 1. The molecule has 1 saturated heterocycles. The van der Waals surface area contributed by atoms with E-state index in [0.29, 0.717) is 29.1 Å². The molecule has 5 N–H and O–H groups in total. The second kappa shape index (κ2) is 6.25. The van der Waals surface area contributed by atoms with E-state index in [1.807, 2.05) is 0 Å². The molecular formula is C16H19FN8. The Morgan fingerprint density at radius 2 is 2.00 bits per heavy atom. The third-order valence-electron chi connectivity index (χ3n) is 4.64. The lowest BCUT2D eigenvalue weighted by molar-refractivity contribution is 0.200. The van der Waals surface area contributed by atoms with Gasteiger partial charge in [-0.15, -0.1) is 0 Å². The maximum absolute atomic E-state index is 13.7. The Hall–Kier alpha value is -2.81. The van der Waals surface area contributed by atoms with Gasteiger partial charge in [0.05, 0.1) is 6.20 Å². The van der Waals surface area contributed by atoms with E-state index in [2.05, 4.69) is 29.8 Å². The lowest BCUT2D eigenvalue weighted by Gasteiger charge is -2.31. The topological polar surface area (TPSA) is 123 Å². The number of aromatic nitrogens is 5. The van der Waals surface area contributed by atoms with Gasteiger partial charge < -0.3 is 16.5 Å². The number of nitrogen functional groups attached to an aromatic ring is 2. The molecule has 4 heterocycles. The molecule has 3 aromatic rings. The van der Waals surface area contributed by atoms with Gasteiger partial charge in [-0.2, -0.15) is 9.97 Å². The van der Waals surface area contributed by atoms with Crippen molar-refractivity contribution >= 4 is 22.9 Å². The number of hydrogen-bond acceptors (Lipinski definition) is 7. The van der Waals surface area contributed by atoms with Gasteiger partial charge in [0.25, 0.3) is 0 Å². The molecule has 0 unspecified atom stereocenters. The van der Waals surface area contributed by atoms with Crippen LogP contribution in [0.1, 0.15) is 30.1 Å². The standard InChI is InChI=1S/C16H19FN8/c17-11-7-20-4-1-10(11)8-25-5-2-9(3-6-25)14-21-12-13(18)22-16(19)24-15(12)23-14/h1,4,7,9H,2-3,5-6,8H2,(H5,18,19,21,22,23,24). The van der Waals surface area contributed by atoms with Crippen molar-refractivity contribution in [2.75, 3.05) is 24.6 Å².